The van der Waals surface area contributed by atoms with Gasteiger partial charge in [0.25, 0.3) is 0 Å². The average Bonchev–Trinajstić information content (AvgIpc) is 2.75. The van der Waals surface area contributed by atoms with E-state index in [0.717, 1.165) is 25.9 Å². The van der Waals surface area contributed by atoms with Crippen LogP contribution in [0.4, 0.5) is 0 Å². The zero-order valence-corrected chi connectivity index (χ0v) is 11.2. The molecule has 0 radical (unpaired) electrons. The van der Waals surface area contributed by atoms with Gasteiger partial charge in [-0.1, -0.05) is 13.8 Å². The van der Waals surface area contributed by atoms with Crippen LogP contribution in [0.25, 0.3) is 0 Å². The molecule has 0 saturated heterocycles. The first-order valence-electron chi connectivity index (χ1n) is 6.41. The van der Waals surface area contributed by atoms with Crippen molar-refractivity contribution in [1.29, 1.82) is 0 Å². The fraction of sp³-hybridized carbons (Fsp3) is 0.769. The van der Waals surface area contributed by atoms with Gasteiger partial charge in [0.05, 0.1) is 11.9 Å². The molecule has 98 valence electrons. The Bertz CT molecular complexity index is 294. The molecule has 4 heteroatoms. The third kappa shape index (κ3) is 5.33. The highest BCUT2D eigenvalue weighted by Gasteiger charge is 2.23. The highest BCUT2D eigenvalue weighted by atomic mass is 16.3. The number of nitrogens with zero attached hydrogens (tertiary/aromatic N) is 2. The summed E-state index contributed by atoms with van der Waals surface area (Å²) in [4.78, 5) is 4.00. The van der Waals surface area contributed by atoms with E-state index in [2.05, 4.69) is 14.9 Å². The maximum absolute atomic E-state index is 10.0. The van der Waals surface area contributed by atoms with E-state index in [1.165, 1.54) is 0 Å². The van der Waals surface area contributed by atoms with Gasteiger partial charge in [0.2, 0.25) is 0 Å². The summed E-state index contributed by atoms with van der Waals surface area (Å²) in [6.45, 7) is 8.60. The van der Waals surface area contributed by atoms with Crippen LogP contribution in [0.15, 0.2) is 18.7 Å². The van der Waals surface area contributed by atoms with E-state index < -0.39 is 5.60 Å². The first-order valence-corrected chi connectivity index (χ1v) is 6.41. The van der Waals surface area contributed by atoms with Crippen molar-refractivity contribution in [2.45, 2.75) is 45.8 Å². The molecule has 4 nitrogen and oxygen atoms in total. The SMILES string of the molecule is CC(C)C(C)(O)CNCCCCn1ccnc1. The maximum atomic E-state index is 10.0. The van der Waals surface area contributed by atoms with Crippen molar-refractivity contribution in [3.63, 3.8) is 0 Å². The molecule has 0 bridgehead atoms. The average molecular weight is 239 g/mol. The van der Waals surface area contributed by atoms with Crippen LogP contribution < -0.4 is 5.32 Å². The van der Waals surface area contributed by atoms with Crippen LogP contribution in [-0.4, -0.2) is 33.3 Å². The Hall–Kier alpha value is -0.870. The van der Waals surface area contributed by atoms with Gasteiger partial charge in [-0.3, -0.25) is 0 Å². The molecule has 1 rings (SSSR count). The molecule has 1 aromatic heterocycles. The van der Waals surface area contributed by atoms with Gasteiger partial charge in [0.1, 0.15) is 0 Å². The van der Waals surface area contributed by atoms with Crippen molar-refractivity contribution in [3.8, 4) is 0 Å². The number of aryl methyl sites for hydroxylation is 1. The van der Waals surface area contributed by atoms with E-state index in [-0.39, 0.29) is 5.92 Å². The molecule has 0 aliphatic carbocycles. The maximum Gasteiger partial charge on any atom is 0.0945 e. The second kappa shape index (κ2) is 6.77. The summed E-state index contributed by atoms with van der Waals surface area (Å²) >= 11 is 0. The summed E-state index contributed by atoms with van der Waals surface area (Å²) < 4.78 is 2.09. The Kier molecular flexibility index (Phi) is 5.65. The molecule has 1 unspecified atom stereocenters. The highest BCUT2D eigenvalue weighted by molar-refractivity contribution is 4.78. The standard InChI is InChI=1S/C13H25N3O/c1-12(2)13(3,17)10-14-6-4-5-8-16-9-7-15-11-16/h7,9,11-12,14,17H,4-6,8,10H2,1-3H3. The minimum Gasteiger partial charge on any atom is -0.389 e. The first-order chi connectivity index (χ1) is 8.02. The van der Waals surface area contributed by atoms with Crippen LogP contribution >= 0.6 is 0 Å². The monoisotopic (exact) mass is 239 g/mol. The van der Waals surface area contributed by atoms with E-state index in [4.69, 9.17) is 0 Å². The predicted octanol–water partition coefficient (Wildman–Crippen LogP) is 1.66. The lowest BCUT2D eigenvalue weighted by molar-refractivity contribution is 0.0143. The molecule has 0 saturated carbocycles. The number of imidazole rings is 1. The Labute approximate surface area is 104 Å². The highest BCUT2D eigenvalue weighted by Crippen LogP contribution is 2.14. The molecule has 17 heavy (non-hydrogen) atoms. The summed E-state index contributed by atoms with van der Waals surface area (Å²) in [5.74, 6) is 0.279. The lowest BCUT2D eigenvalue weighted by Gasteiger charge is -2.27. The number of rotatable bonds is 8. The fourth-order valence-corrected chi connectivity index (χ4v) is 1.51. The Morgan fingerprint density at radius 1 is 1.41 bits per heavy atom. The minimum atomic E-state index is -0.607. The number of hydrogen-bond donors (Lipinski definition) is 2. The number of aliphatic hydroxyl groups is 1. The fourth-order valence-electron chi connectivity index (χ4n) is 1.51. The molecule has 0 spiro atoms. The zero-order chi connectivity index (χ0) is 12.7. The number of aromatic nitrogens is 2. The van der Waals surface area contributed by atoms with Gasteiger partial charge in [-0.05, 0) is 32.2 Å². The summed E-state index contributed by atoms with van der Waals surface area (Å²) in [6, 6.07) is 0. The molecule has 1 heterocycles. The van der Waals surface area contributed by atoms with Crippen molar-refractivity contribution >= 4 is 0 Å². The Morgan fingerprint density at radius 2 is 2.18 bits per heavy atom. The third-order valence-electron chi connectivity index (χ3n) is 3.31. The van der Waals surface area contributed by atoms with E-state index in [9.17, 15) is 5.11 Å². The molecular formula is C13H25N3O. The van der Waals surface area contributed by atoms with E-state index in [0.29, 0.717) is 6.54 Å². The van der Waals surface area contributed by atoms with Crippen LogP contribution in [0, 0.1) is 5.92 Å². The molecule has 0 amide bonds. The minimum absolute atomic E-state index is 0.279. The van der Waals surface area contributed by atoms with Crippen molar-refractivity contribution in [1.82, 2.24) is 14.9 Å². The van der Waals surface area contributed by atoms with Crippen molar-refractivity contribution < 1.29 is 5.11 Å². The molecule has 0 aliphatic rings. The molecule has 1 aromatic rings. The number of hydrogen-bond acceptors (Lipinski definition) is 3. The van der Waals surface area contributed by atoms with Gasteiger partial charge >= 0.3 is 0 Å². The van der Waals surface area contributed by atoms with Gasteiger partial charge in [0.15, 0.2) is 0 Å². The molecule has 1 atom stereocenters. The summed E-state index contributed by atoms with van der Waals surface area (Å²) in [7, 11) is 0. The third-order valence-corrected chi connectivity index (χ3v) is 3.31. The summed E-state index contributed by atoms with van der Waals surface area (Å²) in [6.07, 6.45) is 7.88. The topological polar surface area (TPSA) is 50.1 Å². The van der Waals surface area contributed by atoms with Crippen LogP contribution in [0.5, 0.6) is 0 Å². The molecule has 0 aromatic carbocycles. The van der Waals surface area contributed by atoms with Gasteiger partial charge in [-0.15, -0.1) is 0 Å². The van der Waals surface area contributed by atoms with E-state index in [1.54, 1.807) is 6.20 Å². The van der Waals surface area contributed by atoms with Crippen LogP contribution in [0.2, 0.25) is 0 Å². The van der Waals surface area contributed by atoms with Crippen LogP contribution in [0.1, 0.15) is 33.6 Å². The smallest absolute Gasteiger partial charge is 0.0945 e. The zero-order valence-electron chi connectivity index (χ0n) is 11.2. The second-order valence-corrected chi connectivity index (χ2v) is 5.20. The number of nitrogens with one attached hydrogen (secondary N) is 1. The predicted molar refractivity (Wildman–Crippen MR) is 69.8 cm³/mol. The van der Waals surface area contributed by atoms with Crippen LogP contribution in [-0.2, 0) is 6.54 Å². The van der Waals surface area contributed by atoms with Gasteiger partial charge in [-0.2, -0.15) is 0 Å². The van der Waals surface area contributed by atoms with E-state index >= 15 is 0 Å². The lowest BCUT2D eigenvalue weighted by atomic mass is 9.92. The Balaban J connectivity index is 2.01. The van der Waals surface area contributed by atoms with Crippen molar-refractivity contribution in [2.75, 3.05) is 13.1 Å². The quantitative estimate of drug-likeness (QED) is 0.678. The largest absolute Gasteiger partial charge is 0.389 e. The second-order valence-electron chi connectivity index (χ2n) is 5.20. The van der Waals surface area contributed by atoms with Gasteiger partial charge < -0.3 is 15.0 Å². The molecule has 0 fully saturated rings. The van der Waals surface area contributed by atoms with Gasteiger partial charge in [0, 0.05) is 25.5 Å². The van der Waals surface area contributed by atoms with Crippen molar-refractivity contribution in [2.24, 2.45) is 5.92 Å². The summed E-state index contributed by atoms with van der Waals surface area (Å²) in [5.41, 5.74) is -0.607. The Morgan fingerprint density at radius 3 is 2.76 bits per heavy atom. The van der Waals surface area contributed by atoms with E-state index in [1.807, 2.05) is 33.3 Å². The first kappa shape index (κ1) is 14.2. The summed E-state index contributed by atoms with van der Waals surface area (Å²) in [5, 5.41) is 13.3. The molecule has 0 aliphatic heterocycles. The number of unbranched alkanes of at least 4 members (excludes halogenated alkanes) is 1. The molecular weight excluding hydrogens is 214 g/mol. The van der Waals surface area contributed by atoms with Crippen molar-refractivity contribution in [3.05, 3.63) is 18.7 Å². The van der Waals surface area contributed by atoms with Crippen LogP contribution in [0.3, 0.4) is 0 Å². The van der Waals surface area contributed by atoms with Gasteiger partial charge in [-0.25, -0.2) is 4.98 Å². The lowest BCUT2D eigenvalue weighted by Crippen LogP contribution is -2.42. The molecule has 2 N–H and O–H groups in total. The normalized spacial score (nSPS) is 15.1.